The van der Waals surface area contributed by atoms with Crippen LogP contribution in [0.3, 0.4) is 0 Å². The molecular formula is C21H21FO7. The van der Waals surface area contributed by atoms with Crippen molar-refractivity contribution in [2.75, 3.05) is 13.2 Å². The van der Waals surface area contributed by atoms with Gasteiger partial charge in [0.25, 0.3) is 0 Å². The van der Waals surface area contributed by atoms with Crippen LogP contribution >= 0.6 is 0 Å². The number of aldehydes is 1. The van der Waals surface area contributed by atoms with Crippen LogP contribution in [0.1, 0.15) is 42.1 Å². The second kappa shape index (κ2) is 9.68. The third-order valence-corrected chi connectivity index (χ3v) is 4.27. The first-order chi connectivity index (χ1) is 13.7. The van der Waals surface area contributed by atoms with E-state index in [0.29, 0.717) is 11.8 Å². The highest BCUT2D eigenvalue weighted by atomic mass is 19.1. The largest absolute Gasteiger partial charge is 0.507 e. The second-order valence-corrected chi connectivity index (χ2v) is 6.41. The highest BCUT2D eigenvalue weighted by Crippen LogP contribution is 2.40. The maximum atomic E-state index is 13.7. The van der Waals surface area contributed by atoms with Gasteiger partial charge in [-0.2, -0.15) is 0 Å². The van der Waals surface area contributed by atoms with E-state index in [1.807, 2.05) is 0 Å². The zero-order valence-corrected chi connectivity index (χ0v) is 16.0. The summed E-state index contributed by atoms with van der Waals surface area (Å²) in [4.78, 5) is 33.7. The van der Waals surface area contributed by atoms with Gasteiger partial charge >= 0.3 is 11.9 Å². The number of hydrogen-bond acceptors (Lipinski definition) is 7. The Bertz CT molecular complexity index is 923. The van der Waals surface area contributed by atoms with Gasteiger partial charge in [-0.15, -0.1) is 0 Å². The molecule has 2 aromatic rings. The van der Waals surface area contributed by atoms with E-state index in [1.54, 1.807) is 0 Å². The fourth-order valence-corrected chi connectivity index (χ4v) is 2.84. The predicted molar refractivity (Wildman–Crippen MR) is 101 cm³/mol. The van der Waals surface area contributed by atoms with Gasteiger partial charge in [0, 0.05) is 30.9 Å². The molecule has 0 heterocycles. The van der Waals surface area contributed by atoms with Crippen LogP contribution in [0.15, 0.2) is 30.3 Å². The van der Waals surface area contributed by atoms with Gasteiger partial charge in [-0.05, 0) is 42.3 Å². The van der Waals surface area contributed by atoms with Crippen LogP contribution in [0.2, 0.25) is 0 Å². The molecule has 0 fully saturated rings. The topological polar surface area (TPSA) is 110 Å². The summed E-state index contributed by atoms with van der Waals surface area (Å²) >= 11 is 0. The summed E-state index contributed by atoms with van der Waals surface area (Å²) in [5, 5.41) is 20.5. The van der Waals surface area contributed by atoms with E-state index in [0.717, 1.165) is 18.2 Å². The van der Waals surface area contributed by atoms with Gasteiger partial charge in [0.05, 0.1) is 18.8 Å². The summed E-state index contributed by atoms with van der Waals surface area (Å²) in [5.41, 5.74) is 0.444. The van der Waals surface area contributed by atoms with Crippen LogP contribution in [0.25, 0.3) is 11.1 Å². The van der Waals surface area contributed by atoms with Crippen LogP contribution in [0.4, 0.5) is 4.39 Å². The van der Waals surface area contributed by atoms with Crippen molar-refractivity contribution in [3.63, 3.8) is 0 Å². The van der Waals surface area contributed by atoms with Crippen molar-refractivity contribution in [1.82, 2.24) is 0 Å². The van der Waals surface area contributed by atoms with Gasteiger partial charge < -0.3 is 19.7 Å². The third kappa shape index (κ3) is 5.78. The lowest BCUT2D eigenvalue weighted by Crippen LogP contribution is -2.14. The lowest BCUT2D eigenvalue weighted by atomic mass is 9.90. The Morgan fingerprint density at radius 1 is 1.07 bits per heavy atom. The van der Waals surface area contributed by atoms with Gasteiger partial charge in [-0.3, -0.25) is 14.4 Å². The van der Waals surface area contributed by atoms with E-state index in [9.17, 15) is 29.0 Å². The Kier molecular flexibility index (Phi) is 7.30. The molecule has 2 N–H and O–H groups in total. The third-order valence-electron chi connectivity index (χ3n) is 4.27. The van der Waals surface area contributed by atoms with E-state index in [2.05, 4.69) is 0 Å². The fourth-order valence-electron chi connectivity index (χ4n) is 2.84. The van der Waals surface area contributed by atoms with Crippen LogP contribution in [-0.2, 0) is 19.1 Å². The molecule has 0 aliphatic rings. The number of ether oxygens (including phenoxy) is 2. The minimum absolute atomic E-state index is 0.00123. The standard InChI is InChI=1S/C21H21FO7/c1-12(24)28-6-5-14(11-29-13(2)25)15-7-16(10-23)21(27)19(8-15)18-9-17(22)3-4-20(18)26/h3-4,7-10,14,26-27H,5-6,11H2,1-2H3. The smallest absolute Gasteiger partial charge is 0.302 e. The van der Waals surface area contributed by atoms with Crippen molar-refractivity contribution in [1.29, 1.82) is 0 Å². The summed E-state index contributed by atoms with van der Waals surface area (Å²) < 4.78 is 23.7. The Balaban J connectivity index is 2.52. The van der Waals surface area contributed by atoms with Crippen molar-refractivity contribution in [2.24, 2.45) is 0 Å². The Labute approximate surface area is 166 Å². The molecule has 1 unspecified atom stereocenters. The molecular weight excluding hydrogens is 383 g/mol. The van der Waals surface area contributed by atoms with Crippen molar-refractivity contribution >= 4 is 18.2 Å². The van der Waals surface area contributed by atoms with Gasteiger partial charge in [-0.1, -0.05) is 0 Å². The minimum Gasteiger partial charge on any atom is -0.507 e. The summed E-state index contributed by atoms with van der Waals surface area (Å²) in [6.45, 7) is 2.48. The average molecular weight is 404 g/mol. The molecule has 2 rings (SSSR count). The number of benzene rings is 2. The molecule has 8 heteroatoms. The zero-order valence-electron chi connectivity index (χ0n) is 16.0. The number of phenolic OH excluding ortho intramolecular Hbond substituents is 2. The van der Waals surface area contributed by atoms with Crippen LogP contribution < -0.4 is 0 Å². The molecule has 0 radical (unpaired) electrons. The zero-order chi connectivity index (χ0) is 21.6. The molecule has 7 nitrogen and oxygen atoms in total. The number of rotatable bonds is 8. The summed E-state index contributed by atoms with van der Waals surface area (Å²) in [7, 11) is 0. The van der Waals surface area contributed by atoms with Crippen molar-refractivity contribution < 1.29 is 38.5 Å². The Morgan fingerprint density at radius 3 is 2.38 bits per heavy atom. The van der Waals surface area contributed by atoms with Gasteiger partial charge in [0.2, 0.25) is 0 Å². The highest BCUT2D eigenvalue weighted by Gasteiger charge is 2.21. The van der Waals surface area contributed by atoms with E-state index in [4.69, 9.17) is 9.47 Å². The predicted octanol–water partition coefficient (Wildman–Crippen LogP) is 3.32. The van der Waals surface area contributed by atoms with Crippen LogP contribution in [0.5, 0.6) is 11.5 Å². The molecule has 0 spiro atoms. The number of carbonyl (C=O) groups is 3. The van der Waals surface area contributed by atoms with Crippen molar-refractivity contribution in [3.05, 3.63) is 47.3 Å². The number of aromatic hydroxyl groups is 2. The number of phenols is 2. The maximum absolute atomic E-state index is 13.7. The molecule has 0 amide bonds. The lowest BCUT2D eigenvalue weighted by molar-refractivity contribution is -0.144. The number of carbonyl (C=O) groups excluding carboxylic acids is 3. The average Bonchev–Trinajstić information content (AvgIpc) is 2.66. The normalized spacial score (nSPS) is 11.6. The molecule has 2 aromatic carbocycles. The van der Waals surface area contributed by atoms with Gasteiger partial charge in [0.15, 0.2) is 6.29 Å². The van der Waals surface area contributed by atoms with E-state index < -0.39 is 29.4 Å². The van der Waals surface area contributed by atoms with Crippen molar-refractivity contribution in [2.45, 2.75) is 26.2 Å². The maximum Gasteiger partial charge on any atom is 0.302 e. The molecule has 0 aromatic heterocycles. The summed E-state index contributed by atoms with van der Waals surface area (Å²) in [5.74, 6) is -2.81. The van der Waals surface area contributed by atoms with Gasteiger partial charge in [0.1, 0.15) is 17.3 Å². The number of halogens is 1. The summed E-state index contributed by atoms with van der Waals surface area (Å²) in [6, 6.07) is 6.10. The minimum atomic E-state index is -0.637. The first kappa shape index (κ1) is 21.9. The molecule has 29 heavy (non-hydrogen) atoms. The first-order valence-corrected chi connectivity index (χ1v) is 8.80. The molecule has 0 aliphatic heterocycles. The number of esters is 2. The molecule has 1 atom stereocenters. The van der Waals surface area contributed by atoms with Crippen LogP contribution in [-0.4, -0.2) is 41.7 Å². The fraction of sp³-hybridized carbons (Fsp3) is 0.286. The summed E-state index contributed by atoms with van der Waals surface area (Å²) in [6.07, 6.45) is 0.693. The number of hydrogen-bond donors (Lipinski definition) is 2. The monoisotopic (exact) mass is 404 g/mol. The molecule has 0 bridgehead atoms. The Hall–Kier alpha value is -3.42. The lowest BCUT2D eigenvalue weighted by Gasteiger charge is -2.20. The molecule has 154 valence electrons. The quantitative estimate of drug-likeness (QED) is 0.513. The first-order valence-electron chi connectivity index (χ1n) is 8.80. The Morgan fingerprint density at radius 2 is 1.76 bits per heavy atom. The molecule has 0 aliphatic carbocycles. The van der Waals surface area contributed by atoms with E-state index in [-0.39, 0.29) is 42.1 Å². The highest BCUT2D eigenvalue weighted by molar-refractivity contribution is 5.88. The SMILES string of the molecule is CC(=O)OCCC(COC(C)=O)c1cc(C=O)c(O)c(-c2cc(F)ccc2O)c1. The van der Waals surface area contributed by atoms with Gasteiger partial charge in [-0.25, -0.2) is 4.39 Å². The second-order valence-electron chi connectivity index (χ2n) is 6.41. The van der Waals surface area contributed by atoms with Crippen LogP contribution in [0, 0.1) is 5.82 Å². The van der Waals surface area contributed by atoms with E-state index >= 15 is 0 Å². The molecule has 0 saturated heterocycles. The van der Waals surface area contributed by atoms with Crippen molar-refractivity contribution in [3.8, 4) is 22.6 Å². The van der Waals surface area contributed by atoms with E-state index in [1.165, 1.54) is 26.0 Å². The molecule has 0 saturated carbocycles.